The molecule has 0 amide bonds. The van der Waals surface area contributed by atoms with Crippen LogP contribution in [0.4, 0.5) is 0 Å². The van der Waals surface area contributed by atoms with Gasteiger partial charge in [0.25, 0.3) is 0 Å². The number of carboxylic acids is 1. The molecule has 0 aliphatic carbocycles. The van der Waals surface area contributed by atoms with Gasteiger partial charge < -0.3 is 14.9 Å². The first-order valence-corrected chi connectivity index (χ1v) is 6.20. The van der Waals surface area contributed by atoms with E-state index in [2.05, 4.69) is 4.98 Å². The van der Waals surface area contributed by atoms with E-state index in [0.29, 0.717) is 17.9 Å². The molecule has 2 aromatic rings. The molecule has 5 heteroatoms. The monoisotopic (exact) mass is 273 g/mol. The quantitative estimate of drug-likeness (QED) is 0.840. The van der Waals surface area contributed by atoms with E-state index in [4.69, 9.17) is 14.9 Å². The highest BCUT2D eigenvalue weighted by atomic mass is 16.5. The lowest BCUT2D eigenvalue weighted by molar-refractivity contribution is 0.0696. The van der Waals surface area contributed by atoms with E-state index in [1.165, 1.54) is 12.3 Å². The molecule has 0 aliphatic rings. The van der Waals surface area contributed by atoms with Gasteiger partial charge in [-0.2, -0.15) is 0 Å². The third kappa shape index (κ3) is 3.55. The first-order valence-electron chi connectivity index (χ1n) is 6.20. The van der Waals surface area contributed by atoms with E-state index in [1.807, 2.05) is 24.3 Å². The Morgan fingerprint density at radius 1 is 1.20 bits per heavy atom. The van der Waals surface area contributed by atoms with Gasteiger partial charge in [-0.25, -0.2) is 4.79 Å². The van der Waals surface area contributed by atoms with Crippen LogP contribution < -0.4 is 4.74 Å². The summed E-state index contributed by atoms with van der Waals surface area (Å²) in [6.07, 6.45) is 1.84. The number of hydrogen-bond acceptors (Lipinski definition) is 4. The van der Waals surface area contributed by atoms with Gasteiger partial charge in [-0.3, -0.25) is 4.98 Å². The van der Waals surface area contributed by atoms with Crippen LogP contribution in [0.5, 0.6) is 5.75 Å². The van der Waals surface area contributed by atoms with Crippen molar-refractivity contribution in [2.45, 2.75) is 13.0 Å². The van der Waals surface area contributed by atoms with Gasteiger partial charge in [0.15, 0.2) is 0 Å². The molecule has 0 spiro atoms. The Bertz CT molecular complexity index is 581. The zero-order valence-corrected chi connectivity index (χ0v) is 10.8. The number of carbonyl (C=O) groups is 1. The fourth-order valence-corrected chi connectivity index (χ4v) is 1.76. The number of rotatable bonds is 6. The molecule has 0 saturated heterocycles. The molecule has 2 rings (SSSR count). The Labute approximate surface area is 116 Å². The van der Waals surface area contributed by atoms with Gasteiger partial charge in [-0.1, -0.05) is 18.2 Å². The second-order valence-corrected chi connectivity index (χ2v) is 4.21. The lowest BCUT2D eigenvalue weighted by atomic mass is 10.1. The van der Waals surface area contributed by atoms with Gasteiger partial charge in [-0.05, 0) is 30.2 Å². The van der Waals surface area contributed by atoms with E-state index in [0.717, 1.165) is 5.56 Å². The second kappa shape index (κ2) is 6.68. The Morgan fingerprint density at radius 2 is 2.00 bits per heavy atom. The van der Waals surface area contributed by atoms with E-state index in [-0.39, 0.29) is 18.8 Å². The van der Waals surface area contributed by atoms with Gasteiger partial charge in [0.05, 0.1) is 11.3 Å². The van der Waals surface area contributed by atoms with Crippen LogP contribution in [0.3, 0.4) is 0 Å². The largest absolute Gasteiger partial charge is 0.487 e. The lowest BCUT2D eigenvalue weighted by Crippen LogP contribution is -2.03. The maximum absolute atomic E-state index is 10.7. The SMILES string of the molecule is O=C(O)c1ccc(COc2ccccc2CCO)nc1. The average Bonchev–Trinajstić information content (AvgIpc) is 2.47. The third-order valence-corrected chi connectivity index (χ3v) is 2.80. The number of aromatic nitrogens is 1. The van der Waals surface area contributed by atoms with Crippen LogP contribution in [-0.2, 0) is 13.0 Å². The Balaban J connectivity index is 2.03. The highest BCUT2D eigenvalue weighted by Gasteiger charge is 2.05. The Hall–Kier alpha value is -2.40. The normalized spacial score (nSPS) is 10.2. The van der Waals surface area contributed by atoms with Crippen LogP contribution in [0.25, 0.3) is 0 Å². The summed E-state index contributed by atoms with van der Waals surface area (Å²) in [6.45, 7) is 0.314. The van der Waals surface area contributed by atoms with Crippen molar-refractivity contribution in [3.8, 4) is 5.75 Å². The van der Waals surface area contributed by atoms with E-state index >= 15 is 0 Å². The molecular formula is C15H15NO4. The first kappa shape index (κ1) is 14.0. The second-order valence-electron chi connectivity index (χ2n) is 4.21. The van der Waals surface area contributed by atoms with Gasteiger partial charge in [0.2, 0.25) is 0 Å². The molecule has 20 heavy (non-hydrogen) atoms. The topological polar surface area (TPSA) is 79.7 Å². The summed E-state index contributed by atoms with van der Waals surface area (Å²) in [6, 6.07) is 10.6. The van der Waals surface area contributed by atoms with E-state index in [1.54, 1.807) is 6.07 Å². The van der Waals surface area contributed by atoms with Gasteiger partial charge in [0, 0.05) is 12.8 Å². The zero-order valence-electron chi connectivity index (χ0n) is 10.8. The number of benzene rings is 1. The van der Waals surface area contributed by atoms with Crippen molar-refractivity contribution in [1.29, 1.82) is 0 Å². The van der Waals surface area contributed by atoms with Crippen LogP contribution >= 0.6 is 0 Å². The molecule has 0 atom stereocenters. The molecule has 2 N–H and O–H groups in total. The number of para-hydroxylation sites is 1. The summed E-state index contributed by atoms with van der Waals surface area (Å²) in [7, 11) is 0. The number of ether oxygens (including phenoxy) is 1. The fourth-order valence-electron chi connectivity index (χ4n) is 1.76. The van der Waals surface area contributed by atoms with Crippen molar-refractivity contribution in [3.63, 3.8) is 0 Å². The summed E-state index contributed by atoms with van der Waals surface area (Å²) >= 11 is 0. The Morgan fingerprint density at radius 3 is 2.65 bits per heavy atom. The van der Waals surface area contributed by atoms with Crippen molar-refractivity contribution >= 4 is 5.97 Å². The number of hydrogen-bond donors (Lipinski definition) is 2. The summed E-state index contributed by atoms with van der Waals surface area (Å²) in [5.41, 5.74) is 1.72. The summed E-state index contributed by atoms with van der Waals surface area (Å²) in [4.78, 5) is 14.7. The van der Waals surface area contributed by atoms with Crippen molar-refractivity contribution in [2.24, 2.45) is 0 Å². The molecule has 0 unspecified atom stereocenters. The van der Waals surface area contributed by atoms with Crippen molar-refractivity contribution in [3.05, 3.63) is 59.4 Å². The number of aliphatic hydroxyl groups excluding tert-OH is 1. The molecule has 1 heterocycles. The van der Waals surface area contributed by atoms with Gasteiger partial charge in [0.1, 0.15) is 12.4 Å². The number of pyridine rings is 1. The molecule has 0 bridgehead atoms. The van der Waals surface area contributed by atoms with Crippen LogP contribution in [0, 0.1) is 0 Å². The zero-order chi connectivity index (χ0) is 14.4. The number of aliphatic hydroxyl groups is 1. The number of carboxylic acid groups (broad SMARTS) is 1. The molecule has 1 aromatic carbocycles. The highest BCUT2D eigenvalue weighted by molar-refractivity contribution is 5.87. The Kier molecular flexibility index (Phi) is 4.68. The van der Waals surface area contributed by atoms with E-state index in [9.17, 15) is 4.79 Å². The smallest absolute Gasteiger partial charge is 0.337 e. The van der Waals surface area contributed by atoms with E-state index < -0.39 is 5.97 Å². The van der Waals surface area contributed by atoms with Crippen LogP contribution in [0.15, 0.2) is 42.6 Å². The minimum atomic E-state index is -1.00. The molecule has 0 radical (unpaired) electrons. The van der Waals surface area contributed by atoms with Crippen LogP contribution in [-0.4, -0.2) is 27.8 Å². The molecule has 1 aromatic heterocycles. The molecule has 0 fully saturated rings. The molecule has 104 valence electrons. The predicted octanol–water partition coefficient (Wildman–Crippen LogP) is 1.89. The minimum Gasteiger partial charge on any atom is -0.487 e. The standard InChI is InChI=1S/C15H15NO4/c17-8-7-11-3-1-2-4-14(11)20-10-13-6-5-12(9-16-13)15(18)19/h1-6,9,17H,7-8,10H2,(H,18,19). The van der Waals surface area contributed by atoms with Crippen molar-refractivity contribution < 1.29 is 19.7 Å². The molecule has 0 saturated carbocycles. The van der Waals surface area contributed by atoms with Crippen molar-refractivity contribution in [1.82, 2.24) is 4.98 Å². The van der Waals surface area contributed by atoms with Crippen molar-refractivity contribution in [2.75, 3.05) is 6.61 Å². The maximum Gasteiger partial charge on any atom is 0.337 e. The molecular weight excluding hydrogens is 258 g/mol. The van der Waals surface area contributed by atoms with Gasteiger partial charge in [-0.15, -0.1) is 0 Å². The molecule has 0 aliphatic heterocycles. The van der Waals surface area contributed by atoms with Gasteiger partial charge >= 0.3 is 5.97 Å². The lowest BCUT2D eigenvalue weighted by Gasteiger charge is -2.10. The fraction of sp³-hybridized carbons (Fsp3) is 0.200. The van der Waals surface area contributed by atoms with Crippen LogP contribution in [0.2, 0.25) is 0 Å². The third-order valence-electron chi connectivity index (χ3n) is 2.80. The minimum absolute atomic E-state index is 0.0614. The maximum atomic E-state index is 10.7. The van der Waals surface area contributed by atoms with Crippen LogP contribution in [0.1, 0.15) is 21.6 Å². The number of nitrogens with zero attached hydrogens (tertiary/aromatic N) is 1. The summed E-state index contributed by atoms with van der Waals surface area (Å²) in [5.74, 6) is -0.302. The summed E-state index contributed by atoms with van der Waals surface area (Å²) in [5, 5.41) is 17.8. The summed E-state index contributed by atoms with van der Waals surface area (Å²) < 4.78 is 5.66. The highest BCUT2D eigenvalue weighted by Crippen LogP contribution is 2.19. The predicted molar refractivity (Wildman–Crippen MR) is 72.8 cm³/mol. The average molecular weight is 273 g/mol. The first-order chi connectivity index (χ1) is 9.70. The number of aromatic carboxylic acids is 1. The molecule has 5 nitrogen and oxygen atoms in total.